The van der Waals surface area contributed by atoms with Gasteiger partial charge in [0.1, 0.15) is 0 Å². The summed E-state index contributed by atoms with van der Waals surface area (Å²) in [6, 6.07) is 9.85. The van der Waals surface area contributed by atoms with E-state index in [0.29, 0.717) is 18.9 Å². The molecule has 0 spiro atoms. The third-order valence-corrected chi connectivity index (χ3v) is 4.61. The fourth-order valence-electron chi connectivity index (χ4n) is 3.37. The summed E-state index contributed by atoms with van der Waals surface area (Å²) in [5.41, 5.74) is 0.982. The molecule has 5 nitrogen and oxygen atoms in total. The van der Waals surface area contributed by atoms with E-state index in [2.05, 4.69) is 4.90 Å². The van der Waals surface area contributed by atoms with Crippen LogP contribution in [0.1, 0.15) is 12.8 Å². The van der Waals surface area contributed by atoms with Crippen LogP contribution in [-0.4, -0.2) is 61.4 Å². The molecule has 2 amide bonds. The van der Waals surface area contributed by atoms with Crippen molar-refractivity contribution in [2.45, 2.75) is 12.8 Å². The van der Waals surface area contributed by atoms with Crippen LogP contribution in [-0.2, 0) is 9.59 Å². The minimum atomic E-state index is 0.165. The number of para-hydroxylation sites is 1. The van der Waals surface area contributed by atoms with Crippen molar-refractivity contribution in [1.29, 1.82) is 0 Å². The van der Waals surface area contributed by atoms with Gasteiger partial charge >= 0.3 is 0 Å². The number of carbonyl (C=O) groups excluding carboxylic acids is 2. The first kappa shape index (κ1) is 15.0. The second kappa shape index (κ2) is 6.48. The van der Waals surface area contributed by atoms with Gasteiger partial charge in [-0.1, -0.05) is 18.2 Å². The lowest BCUT2D eigenvalue weighted by Gasteiger charge is -2.38. The molecule has 1 aromatic carbocycles. The Bertz CT molecular complexity index is 546. The molecular weight excluding hydrogens is 278 g/mol. The van der Waals surface area contributed by atoms with E-state index in [1.165, 1.54) is 0 Å². The molecule has 0 bridgehead atoms. The first-order chi connectivity index (χ1) is 10.6. The zero-order valence-electron chi connectivity index (χ0n) is 13.1. The van der Waals surface area contributed by atoms with E-state index in [9.17, 15) is 9.59 Å². The highest BCUT2D eigenvalue weighted by molar-refractivity contribution is 5.95. The van der Waals surface area contributed by atoms with Gasteiger partial charge in [-0.05, 0) is 24.5 Å². The molecule has 0 saturated carbocycles. The summed E-state index contributed by atoms with van der Waals surface area (Å²) < 4.78 is 0. The normalized spacial score (nSPS) is 24.0. The average Bonchev–Trinajstić information content (AvgIpc) is 2.52. The Balaban J connectivity index is 1.54. The quantitative estimate of drug-likeness (QED) is 0.843. The van der Waals surface area contributed by atoms with Crippen molar-refractivity contribution in [3.8, 4) is 0 Å². The molecule has 118 valence electrons. The van der Waals surface area contributed by atoms with Gasteiger partial charge in [0.2, 0.25) is 11.8 Å². The number of nitrogens with zero attached hydrogens (tertiary/aromatic N) is 3. The molecule has 2 aliphatic rings. The van der Waals surface area contributed by atoms with Crippen molar-refractivity contribution < 1.29 is 9.59 Å². The topological polar surface area (TPSA) is 43.9 Å². The first-order valence-corrected chi connectivity index (χ1v) is 7.95. The monoisotopic (exact) mass is 301 g/mol. The van der Waals surface area contributed by atoms with Gasteiger partial charge in [-0.2, -0.15) is 0 Å². The molecule has 1 atom stereocenters. The second-order valence-electron chi connectivity index (χ2n) is 6.30. The Morgan fingerprint density at radius 2 is 1.86 bits per heavy atom. The maximum absolute atomic E-state index is 12.4. The summed E-state index contributed by atoms with van der Waals surface area (Å²) in [5.74, 6) is 0.887. The summed E-state index contributed by atoms with van der Waals surface area (Å²) in [6.45, 7) is 3.83. The van der Waals surface area contributed by atoms with Crippen LogP contribution in [0.2, 0.25) is 0 Å². The number of hydrogen-bond acceptors (Lipinski definition) is 3. The van der Waals surface area contributed by atoms with Crippen LogP contribution in [0, 0.1) is 5.92 Å². The predicted octanol–water partition coefficient (Wildman–Crippen LogP) is 1.20. The summed E-state index contributed by atoms with van der Waals surface area (Å²) in [6.07, 6.45) is 1.58. The fourth-order valence-corrected chi connectivity index (χ4v) is 3.37. The van der Waals surface area contributed by atoms with Crippen LogP contribution in [0.25, 0.3) is 0 Å². The van der Waals surface area contributed by atoms with Crippen molar-refractivity contribution in [3.63, 3.8) is 0 Å². The van der Waals surface area contributed by atoms with Crippen molar-refractivity contribution in [2.75, 3.05) is 44.7 Å². The van der Waals surface area contributed by atoms with Gasteiger partial charge in [0, 0.05) is 45.3 Å². The van der Waals surface area contributed by atoms with Gasteiger partial charge in [-0.25, -0.2) is 0 Å². The second-order valence-corrected chi connectivity index (χ2v) is 6.30. The number of likely N-dealkylation sites (tertiary alicyclic amines) is 1. The molecule has 2 aliphatic heterocycles. The Morgan fingerprint density at radius 1 is 1.09 bits per heavy atom. The van der Waals surface area contributed by atoms with Crippen LogP contribution in [0.5, 0.6) is 0 Å². The SMILES string of the molecule is CN1CC(CN2CCN(c3ccccc3)C(=O)C2)CCC1=O. The summed E-state index contributed by atoms with van der Waals surface area (Å²) in [4.78, 5) is 29.8. The van der Waals surface area contributed by atoms with E-state index >= 15 is 0 Å². The van der Waals surface area contributed by atoms with Gasteiger partial charge in [0.05, 0.1) is 6.54 Å². The summed E-state index contributed by atoms with van der Waals surface area (Å²) in [5, 5.41) is 0. The minimum absolute atomic E-state index is 0.165. The molecule has 0 aliphatic carbocycles. The van der Waals surface area contributed by atoms with E-state index in [-0.39, 0.29) is 11.8 Å². The largest absolute Gasteiger partial charge is 0.345 e. The molecular formula is C17H23N3O2. The van der Waals surface area contributed by atoms with Crippen molar-refractivity contribution in [2.24, 2.45) is 5.92 Å². The fraction of sp³-hybridized carbons (Fsp3) is 0.529. The van der Waals surface area contributed by atoms with Crippen molar-refractivity contribution >= 4 is 17.5 Å². The molecule has 1 unspecified atom stereocenters. The number of benzene rings is 1. The third kappa shape index (κ3) is 3.30. The average molecular weight is 301 g/mol. The number of piperidine rings is 1. The predicted molar refractivity (Wildman–Crippen MR) is 85.6 cm³/mol. The highest BCUT2D eigenvalue weighted by Gasteiger charge is 2.29. The van der Waals surface area contributed by atoms with Crippen LogP contribution >= 0.6 is 0 Å². The molecule has 1 aromatic rings. The molecule has 2 heterocycles. The molecule has 0 radical (unpaired) electrons. The smallest absolute Gasteiger partial charge is 0.241 e. The van der Waals surface area contributed by atoms with E-state index in [1.54, 1.807) is 0 Å². The Labute approximate surface area is 131 Å². The maximum Gasteiger partial charge on any atom is 0.241 e. The minimum Gasteiger partial charge on any atom is -0.345 e. The zero-order valence-corrected chi connectivity index (χ0v) is 13.1. The van der Waals surface area contributed by atoms with Gasteiger partial charge < -0.3 is 9.80 Å². The standard InChI is InChI=1S/C17H23N3O2/c1-18-11-14(7-8-16(18)21)12-19-9-10-20(17(22)13-19)15-5-3-2-4-6-15/h2-6,14H,7-13H2,1H3. The van der Waals surface area contributed by atoms with E-state index in [1.807, 2.05) is 47.2 Å². The van der Waals surface area contributed by atoms with Crippen molar-refractivity contribution in [3.05, 3.63) is 30.3 Å². The lowest BCUT2D eigenvalue weighted by Crippen LogP contribution is -2.52. The Morgan fingerprint density at radius 3 is 2.55 bits per heavy atom. The van der Waals surface area contributed by atoms with Gasteiger partial charge in [-0.15, -0.1) is 0 Å². The highest BCUT2D eigenvalue weighted by Crippen LogP contribution is 2.20. The number of amides is 2. The third-order valence-electron chi connectivity index (χ3n) is 4.61. The summed E-state index contributed by atoms with van der Waals surface area (Å²) >= 11 is 0. The Kier molecular flexibility index (Phi) is 4.43. The molecule has 2 fully saturated rings. The molecule has 5 heteroatoms. The van der Waals surface area contributed by atoms with Crippen molar-refractivity contribution in [1.82, 2.24) is 9.80 Å². The molecule has 0 N–H and O–H groups in total. The van der Waals surface area contributed by atoms with E-state index in [4.69, 9.17) is 0 Å². The first-order valence-electron chi connectivity index (χ1n) is 7.95. The van der Waals surface area contributed by atoms with Crippen LogP contribution in [0.15, 0.2) is 30.3 Å². The van der Waals surface area contributed by atoms with E-state index < -0.39 is 0 Å². The van der Waals surface area contributed by atoms with Crippen LogP contribution < -0.4 is 4.90 Å². The van der Waals surface area contributed by atoms with Gasteiger partial charge in [0.15, 0.2) is 0 Å². The lowest BCUT2D eigenvalue weighted by molar-refractivity contribution is -0.133. The molecule has 0 aromatic heterocycles. The van der Waals surface area contributed by atoms with Gasteiger partial charge in [0.25, 0.3) is 0 Å². The number of carbonyl (C=O) groups is 2. The Hall–Kier alpha value is -1.88. The molecule has 22 heavy (non-hydrogen) atoms. The number of hydrogen-bond donors (Lipinski definition) is 0. The number of anilines is 1. The number of rotatable bonds is 3. The van der Waals surface area contributed by atoms with Crippen LogP contribution in [0.3, 0.4) is 0 Å². The van der Waals surface area contributed by atoms with Gasteiger partial charge in [-0.3, -0.25) is 14.5 Å². The highest BCUT2D eigenvalue weighted by atomic mass is 16.2. The maximum atomic E-state index is 12.4. The number of piperazine rings is 1. The molecule has 2 saturated heterocycles. The van der Waals surface area contributed by atoms with E-state index in [0.717, 1.165) is 38.3 Å². The summed E-state index contributed by atoms with van der Waals surface area (Å²) in [7, 11) is 1.87. The zero-order chi connectivity index (χ0) is 15.5. The van der Waals surface area contributed by atoms with Crippen LogP contribution in [0.4, 0.5) is 5.69 Å². The molecule has 3 rings (SSSR count). The lowest BCUT2D eigenvalue weighted by atomic mass is 9.97.